The molecule has 0 spiro atoms. The molecule has 1 N–H and O–H groups in total. The van der Waals surface area contributed by atoms with Gasteiger partial charge in [-0.25, -0.2) is 4.98 Å². The van der Waals surface area contributed by atoms with Crippen molar-refractivity contribution in [2.45, 2.75) is 12.5 Å². The highest BCUT2D eigenvalue weighted by atomic mass is 16.5. The lowest BCUT2D eigenvalue weighted by Crippen LogP contribution is -2.51. The second-order valence-electron chi connectivity index (χ2n) is 5.21. The molecule has 6 nitrogen and oxygen atoms in total. The second kappa shape index (κ2) is 5.30. The van der Waals surface area contributed by atoms with E-state index in [-0.39, 0.29) is 17.9 Å². The lowest BCUT2D eigenvalue weighted by molar-refractivity contribution is -0.139. The molecule has 0 saturated carbocycles. The number of aromatic nitrogens is 2. The smallest absolute Gasteiger partial charge is 0.228 e. The first-order valence-corrected chi connectivity index (χ1v) is 6.83. The Balaban J connectivity index is 1.81. The number of nitrogens with zero attached hydrogens (tertiary/aromatic N) is 3. The third kappa shape index (κ3) is 2.37. The van der Waals surface area contributed by atoms with E-state index in [4.69, 9.17) is 4.74 Å². The number of rotatable bonds is 2. The molecule has 2 aliphatic heterocycles. The molecule has 104 valence electrons. The Morgan fingerprint density at radius 2 is 2.47 bits per heavy atom. The van der Waals surface area contributed by atoms with Gasteiger partial charge >= 0.3 is 0 Å². The molecule has 3 rings (SSSR count). The van der Waals surface area contributed by atoms with Crippen LogP contribution in [0.25, 0.3) is 0 Å². The van der Waals surface area contributed by atoms with Crippen LogP contribution in [0.2, 0.25) is 0 Å². The fourth-order valence-electron chi connectivity index (χ4n) is 2.86. The van der Waals surface area contributed by atoms with Gasteiger partial charge in [-0.05, 0) is 6.42 Å². The molecule has 1 aromatic rings. The fourth-order valence-corrected chi connectivity index (χ4v) is 2.86. The highest BCUT2D eigenvalue weighted by Gasteiger charge is 2.35. The quantitative estimate of drug-likeness (QED) is 0.812. The normalized spacial score (nSPS) is 27.7. The number of carbonyl (C=O) groups excluding carboxylic acids is 1. The van der Waals surface area contributed by atoms with E-state index in [1.807, 2.05) is 22.7 Å². The lowest BCUT2D eigenvalue weighted by atomic mass is 10.0. The number of aryl methyl sites for hydroxylation is 1. The van der Waals surface area contributed by atoms with Crippen LogP contribution in [-0.2, 0) is 16.6 Å². The summed E-state index contributed by atoms with van der Waals surface area (Å²) in [4.78, 5) is 19.0. The molecule has 2 atom stereocenters. The summed E-state index contributed by atoms with van der Waals surface area (Å²) in [6.45, 7) is 3.63. The number of carbonyl (C=O) groups is 1. The molecule has 2 fully saturated rings. The molecule has 19 heavy (non-hydrogen) atoms. The molecule has 2 unspecified atom stereocenters. The summed E-state index contributed by atoms with van der Waals surface area (Å²) in [5.74, 6) is 1.19. The highest BCUT2D eigenvalue weighted by molar-refractivity contribution is 5.79. The van der Waals surface area contributed by atoms with Gasteiger partial charge in [-0.3, -0.25) is 4.79 Å². The first-order chi connectivity index (χ1) is 9.27. The van der Waals surface area contributed by atoms with Crippen LogP contribution < -0.4 is 5.32 Å². The van der Waals surface area contributed by atoms with Gasteiger partial charge in [-0.15, -0.1) is 0 Å². The van der Waals surface area contributed by atoms with Gasteiger partial charge in [0.15, 0.2) is 0 Å². The van der Waals surface area contributed by atoms with Crippen LogP contribution in [0.4, 0.5) is 0 Å². The van der Waals surface area contributed by atoms with Crippen LogP contribution in [0.3, 0.4) is 0 Å². The maximum Gasteiger partial charge on any atom is 0.228 e. The molecular formula is C13H20N4O2. The van der Waals surface area contributed by atoms with Crippen LogP contribution in [-0.4, -0.2) is 53.2 Å². The van der Waals surface area contributed by atoms with Crippen molar-refractivity contribution >= 4 is 5.91 Å². The molecule has 2 saturated heterocycles. The zero-order chi connectivity index (χ0) is 13.2. The first kappa shape index (κ1) is 12.6. The van der Waals surface area contributed by atoms with Crippen molar-refractivity contribution < 1.29 is 9.53 Å². The Kier molecular flexibility index (Phi) is 3.52. The molecule has 3 heterocycles. The van der Waals surface area contributed by atoms with Gasteiger partial charge in [0.1, 0.15) is 11.9 Å². The Bertz CT molecular complexity index is 453. The maximum atomic E-state index is 12.6. The SMILES string of the molecule is Cn1ccnc1C1CNCCN1C(=O)C1CCOC1. The highest BCUT2D eigenvalue weighted by Crippen LogP contribution is 2.25. The molecule has 0 aromatic carbocycles. The third-order valence-corrected chi connectivity index (χ3v) is 3.96. The third-order valence-electron chi connectivity index (χ3n) is 3.96. The van der Waals surface area contributed by atoms with Gasteiger partial charge in [0, 0.05) is 45.7 Å². The Morgan fingerprint density at radius 3 is 3.16 bits per heavy atom. The zero-order valence-corrected chi connectivity index (χ0v) is 11.2. The summed E-state index contributed by atoms with van der Waals surface area (Å²) >= 11 is 0. The number of amides is 1. The van der Waals surface area contributed by atoms with Gasteiger partial charge in [0.25, 0.3) is 0 Å². The van der Waals surface area contributed by atoms with Crippen LogP contribution in [0.15, 0.2) is 12.4 Å². The van der Waals surface area contributed by atoms with Gasteiger partial charge in [0.2, 0.25) is 5.91 Å². The van der Waals surface area contributed by atoms with Gasteiger partial charge in [0.05, 0.1) is 12.5 Å². The summed E-state index contributed by atoms with van der Waals surface area (Å²) in [5, 5.41) is 3.35. The topological polar surface area (TPSA) is 59.4 Å². The van der Waals surface area contributed by atoms with Crippen molar-refractivity contribution in [2.75, 3.05) is 32.8 Å². The van der Waals surface area contributed by atoms with Crippen molar-refractivity contribution in [1.29, 1.82) is 0 Å². The lowest BCUT2D eigenvalue weighted by Gasteiger charge is -2.37. The molecule has 0 aliphatic carbocycles. The largest absolute Gasteiger partial charge is 0.381 e. The van der Waals surface area contributed by atoms with Crippen molar-refractivity contribution in [3.8, 4) is 0 Å². The summed E-state index contributed by atoms with van der Waals surface area (Å²) in [6, 6.07) is 0.0295. The average Bonchev–Trinajstić information content (AvgIpc) is 3.09. The van der Waals surface area contributed by atoms with Crippen LogP contribution in [0.1, 0.15) is 18.3 Å². The van der Waals surface area contributed by atoms with E-state index in [2.05, 4.69) is 10.3 Å². The van der Waals surface area contributed by atoms with E-state index in [9.17, 15) is 4.79 Å². The molecule has 6 heteroatoms. The standard InChI is InChI=1S/C13H20N4O2/c1-16-5-4-15-12(16)11-8-14-3-6-17(11)13(18)10-2-7-19-9-10/h4-5,10-11,14H,2-3,6-9H2,1H3. The summed E-state index contributed by atoms with van der Waals surface area (Å²) in [6.07, 6.45) is 4.55. The molecular weight excluding hydrogens is 244 g/mol. The van der Waals surface area contributed by atoms with Crippen molar-refractivity contribution in [2.24, 2.45) is 13.0 Å². The molecule has 0 radical (unpaired) electrons. The maximum absolute atomic E-state index is 12.6. The second-order valence-corrected chi connectivity index (χ2v) is 5.21. The summed E-state index contributed by atoms with van der Waals surface area (Å²) in [5.41, 5.74) is 0. The number of hydrogen-bond donors (Lipinski definition) is 1. The van der Waals surface area contributed by atoms with E-state index in [0.717, 1.165) is 31.9 Å². The predicted molar refractivity (Wildman–Crippen MR) is 69.5 cm³/mol. The summed E-state index contributed by atoms with van der Waals surface area (Å²) in [7, 11) is 1.97. The van der Waals surface area contributed by atoms with Gasteiger partial charge < -0.3 is 19.5 Å². The Labute approximate surface area is 112 Å². The van der Waals surface area contributed by atoms with Crippen LogP contribution in [0.5, 0.6) is 0 Å². The number of piperazine rings is 1. The Hall–Kier alpha value is -1.40. The molecule has 0 bridgehead atoms. The predicted octanol–water partition coefficient (Wildman–Crippen LogP) is -0.0705. The monoisotopic (exact) mass is 264 g/mol. The number of nitrogens with one attached hydrogen (secondary N) is 1. The zero-order valence-electron chi connectivity index (χ0n) is 11.2. The van der Waals surface area contributed by atoms with E-state index in [0.29, 0.717) is 13.2 Å². The first-order valence-electron chi connectivity index (χ1n) is 6.83. The molecule has 2 aliphatic rings. The Morgan fingerprint density at radius 1 is 1.58 bits per heavy atom. The van der Waals surface area contributed by atoms with Gasteiger partial charge in [-0.2, -0.15) is 0 Å². The van der Waals surface area contributed by atoms with E-state index < -0.39 is 0 Å². The van der Waals surface area contributed by atoms with E-state index in [1.54, 1.807) is 6.20 Å². The number of ether oxygens (including phenoxy) is 1. The van der Waals surface area contributed by atoms with E-state index >= 15 is 0 Å². The average molecular weight is 264 g/mol. The fraction of sp³-hybridized carbons (Fsp3) is 0.692. The van der Waals surface area contributed by atoms with Crippen molar-refractivity contribution in [3.05, 3.63) is 18.2 Å². The minimum atomic E-state index is 0.0286. The molecule has 1 aromatic heterocycles. The summed E-state index contributed by atoms with van der Waals surface area (Å²) < 4.78 is 7.32. The van der Waals surface area contributed by atoms with Crippen LogP contribution in [0, 0.1) is 5.92 Å². The van der Waals surface area contributed by atoms with E-state index in [1.165, 1.54) is 0 Å². The molecule has 1 amide bonds. The number of imidazole rings is 1. The van der Waals surface area contributed by atoms with Crippen molar-refractivity contribution in [1.82, 2.24) is 19.8 Å². The number of hydrogen-bond acceptors (Lipinski definition) is 4. The minimum absolute atomic E-state index is 0.0286. The van der Waals surface area contributed by atoms with Gasteiger partial charge in [-0.1, -0.05) is 0 Å². The minimum Gasteiger partial charge on any atom is -0.381 e. The van der Waals surface area contributed by atoms with Crippen LogP contribution >= 0.6 is 0 Å². The van der Waals surface area contributed by atoms with Crippen molar-refractivity contribution in [3.63, 3.8) is 0 Å².